The van der Waals surface area contributed by atoms with Gasteiger partial charge in [-0.05, 0) is 12.8 Å². The van der Waals surface area contributed by atoms with Crippen molar-refractivity contribution < 1.29 is 9.59 Å². The maximum atomic E-state index is 10.4. The van der Waals surface area contributed by atoms with Crippen molar-refractivity contribution in [2.75, 3.05) is 0 Å². The zero-order valence-corrected chi connectivity index (χ0v) is 16.6. The Balaban J connectivity index is 3.83. The van der Waals surface area contributed by atoms with Crippen LogP contribution in [0.1, 0.15) is 104 Å². The molecule has 4 nitrogen and oxygen atoms in total. The molecule has 0 aliphatic rings. The van der Waals surface area contributed by atoms with E-state index >= 15 is 0 Å². The van der Waals surface area contributed by atoms with E-state index in [1.807, 2.05) is 0 Å². The first kappa shape index (κ1) is 23.1. The van der Waals surface area contributed by atoms with Crippen molar-refractivity contribution in [3.63, 3.8) is 0 Å². The summed E-state index contributed by atoms with van der Waals surface area (Å²) < 4.78 is 0. The van der Waals surface area contributed by atoms with Crippen LogP contribution in [0.3, 0.4) is 0 Å². The van der Waals surface area contributed by atoms with E-state index in [0.29, 0.717) is 12.8 Å². The second-order valence-electron chi connectivity index (χ2n) is 7.11. The van der Waals surface area contributed by atoms with Crippen LogP contribution in [-0.2, 0) is 0 Å². The monoisotopic (exact) mass is 346 g/mol. The van der Waals surface area contributed by atoms with Crippen LogP contribution in [-0.4, -0.2) is 29.5 Å². The van der Waals surface area contributed by atoms with Gasteiger partial charge < -0.3 is 21.1 Å². The van der Waals surface area contributed by atoms with Crippen molar-refractivity contribution in [2.24, 2.45) is 11.5 Å². The van der Waals surface area contributed by atoms with Crippen LogP contribution in [0, 0.1) is 0 Å². The highest BCUT2D eigenvalue weighted by atomic mass is 28.4. The third-order valence-electron chi connectivity index (χ3n) is 4.83. The van der Waals surface area contributed by atoms with Gasteiger partial charge in [-0.3, -0.25) is 0 Å². The van der Waals surface area contributed by atoms with Crippen LogP contribution in [0.5, 0.6) is 0 Å². The normalized spacial score (nSPS) is 14.9. The smallest absolute Gasteiger partial charge is 0.367 e. The maximum absolute atomic E-state index is 10.4. The lowest BCUT2D eigenvalue weighted by Crippen LogP contribution is -2.65. The third-order valence-corrected chi connectivity index (χ3v) is 7.59. The highest BCUT2D eigenvalue weighted by molar-refractivity contribution is 6.68. The second-order valence-corrected chi connectivity index (χ2v) is 10.2. The fraction of sp³-hybridized carbons (Fsp3) is 1.00. The van der Waals surface area contributed by atoms with Crippen molar-refractivity contribution in [3.8, 4) is 0 Å². The van der Waals surface area contributed by atoms with Crippen LogP contribution >= 0.6 is 0 Å². The van der Waals surface area contributed by atoms with E-state index in [1.54, 1.807) is 0 Å². The number of unbranched alkanes of at least 4 members (excludes halogenated alkanes) is 10. The molecular weight excluding hydrogens is 304 g/mol. The summed E-state index contributed by atoms with van der Waals surface area (Å²) in [4.78, 5) is 20.8. The Kier molecular flexibility index (Phi) is 14.4. The van der Waals surface area contributed by atoms with E-state index in [9.17, 15) is 9.59 Å². The SMILES string of the molecule is CCCCCCCCC(N)[Si](O)(O)C(N)CCCCCCCC. The molecule has 0 aromatic heterocycles. The Morgan fingerprint density at radius 3 is 1.26 bits per heavy atom. The molecule has 0 aliphatic carbocycles. The molecule has 2 unspecified atom stereocenters. The lowest BCUT2D eigenvalue weighted by Gasteiger charge is -2.30. The summed E-state index contributed by atoms with van der Waals surface area (Å²) in [6.45, 7) is 4.41. The van der Waals surface area contributed by atoms with Crippen molar-refractivity contribution >= 4 is 8.56 Å². The molecule has 0 bridgehead atoms. The average Bonchev–Trinajstić information content (AvgIpc) is 2.53. The van der Waals surface area contributed by atoms with Gasteiger partial charge in [0.2, 0.25) is 0 Å². The van der Waals surface area contributed by atoms with E-state index in [0.717, 1.165) is 25.7 Å². The van der Waals surface area contributed by atoms with Crippen molar-refractivity contribution in [3.05, 3.63) is 0 Å². The first-order valence-corrected chi connectivity index (χ1v) is 12.0. The molecular formula is C18H42N2O2Si. The van der Waals surface area contributed by atoms with E-state index in [-0.39, 0.29) is 0 Å². The molecule has 6 N–H and O–H groups in total. The summed E-state index contributed by atoms with van der Waals surface area (Å²) in [5, 5.41) is 0. The minimum atomic E-state index is -3.51. The Labute approximate surface area is 145 Å². The van der Waals surface area contributed by atoms with Gasteiger partial charge in [0.25, 0.3) is 0 Å². The quantitative estimate of drug-likeness (QED) is 0.253. The number of hydrogen-bond acceptors (Lipinski definition) is 4. The van der Waals surface area contributed by atoms with Crippen molar-refractivity contribution in [2.45, 2.75) is 115 Å². The highest BCUT2D eigenvalue weighted by Crippen LogP contribution is 2.17. The molecule has 0 rings (SSSR count). The van der Waals surface area contributed by atoms with E-state index < -0.39 is 19.9 Å². The number of rotatable bonds is 16. The Morgan fingerprint density at radius 2 is 0.913 bits per heavy atom. The van der Waals surface area contributed by atoms with Crippen LogP contribution in [0.25, 0.3) is 0 Å². The minimum absolute atomic E-state index is 0.510. The Bertz CT molecular complexity index is 241. The summed E-state index contributed by atoms with van der Waals surface area (Å²) in [6, 6.07) is 0. The number of hydrogen-bond donors (Lipinski definition) is 4. The van der Waals surface area contributed by atoms with E-state index in [1.165, 1.54) is 51.4 Å². The van der Waals surface area contributed by atoms with Crippen LogP contribution < -0.4 is 11.5 Å². The fourth-order valence-corrected chi connectivity index (χ4v) is 4.80. The van der Waals surface area contributed by atoms with Crippen molar-refractivity contribution in [1.82, 2.24) is 0 Å². The van der Waals surface area contributed by atoms with Gasteiger partial charge in [0.1, 0.15) is 0 Å². The predicted octanol–water partition coefficient (Wildman–Crippen LogP) is 3.65. The second kappa shape index (κ2) is 14.4. The molecule has 0 aromatic carbocycles. The molecule has 0 heterocycles. The molecule has 5 heteroatoms. The molecule has 23 heavy (non-hydrogen) atoms. The summed E-state index contributed by atoms with van der Waals surface area (Å²) >= 11 is 0. The summed E-state index contributed by atoms with van der Waals surface area (Å²) in [7, 11) is -3.51. The van der Waals surface area contributed by atoms with Gasteiger partial charge in [-0.25, -0.2) is 0 Å². The lowest BCUT2D eigenvalue weighted by molar-refractivity contribution is 0.308. The topological polar surface area (TPSA) is 92.5 Å². The predicted molar refractivity (Wildman–Crippen MR) is 102 cm³/mol. The molecule has 0 radical (unpaired) electrons. The summed E-state index contributed by atoms with van der Waals surface area (Å²) in [5.74, 6) is 0. The third kappa shape index (κ3) is 11.3. The van der Waals surface area contributed by atoms with Gasteiger partial charge in [-0.1, -0.05) is 90.9 Å². The van der Waals surface area contributed by atoms with Gasteiger partial charge >= 0.3 is 8.56 Å². The van der Waals surface area contributed by atoms with Gasteiger partial charge in [-0.15, -0.1) is 0 Å². The van der Waals surface area contributed by atoms with Gasteiger partial charge in [0, 0.05) is 11.3 Å². The molecule has 0 aliphatic heterocycles. The lowest BCUT2D eigenvalue weighted by atomic mass is 10.1. The molecule has 0 aromatic rings. The van der Waals surface area contributed by atoms with Crippen LogP contribution in [0.15, 0.2) is 0 Å². The van der Waals surface area contributed by atoms with E-state index in [2.05, 4.69) is 13.8 Å². The molecule has 0 spiro atoms. The van der Waals surface area contributed by atoms with Crippen LogP contribution in [0.2, 0.25) is 0 Å². The zero-order valence-electron chi connectivity index (χ0n) is 15.6. The zero-order chi connectivity index (χ0) is 17.6. The molecule has 2 atom stereocenters. The summed E-state index contributed by atoms with van der Waals surface area (Å²) in [6.07, 6.45) is 15.6. The molecule has 0 saturated carbocycles. The number of nitrogens with two attached hydrogens (primary N) is 2. The molecule has 0 saturated heterocycles. The van der Waals surface area contributed by atoms with Gasteiger partial charge in [-0.2, -0.15) is 0 Å². The minimum Gasteiger partial charge on any atom is -0.409 e. The first-order chi connectivity index (χ1) is 11.0. The highest BCUT2D eigenvalue weighted by Gasteiger charge is 2.42. The molecule has 140 valence electrons. The largest absolute Gasteiger partial charge is 0.409 e. The van der Waals surface area contributed by atoms with E-state index in [4.69, 9.17) is 11.5 Å². The molecule has 0 amide bonds. The maximum Gasteiger partial charge on any atom is 0.367 e. The molecule has 0 fully saturated rings. The van der Waals surface area contributed by atoms with Crippen molar-refractivity contribution in [1.29, 1.82) is 0 Å². The van der Waals surface area contributed by atoms with Crippen LogP contribution in [0.4, 0.5) is 0 Å². The Hall–Kier alpha value is 0.0569. The Morgan fingerprint density at radius 1 is 0.609 bits per heavy atom. The first-order valence-electron chi connectivity index (χ1n) is 9.92. The fourth-order valence-electron chi connectivity index (χ4n) is 2.99. The average molecular weight is 347 g/mol. The van der Waals surface area contributed by atoms with Gasteiger partial charge in [0.15, 0.2) is 0 Å². The van der Waals surface area contributed by atoms with Gasteiger partial charge in [0.05, 0.1) is 0 Å². The summed E-state index contributed by atoms with van der Waals surface area (Å²) in [5.41, 5.74) is 11.1. The standard InChI is InChI=1S/C18H42N2O2Si/c1-3-5-7-9-11-13-15-17(19)23(21,22)18(20)16-14-12-10-8-6-4-2/h17-18,21-22H,3-16,19-20H2,1-2H3.